The van der Waals surface area contributed by atoms with Crippen LogP contribution in [0.25, 0.3) is 0 Å². The number of carbonyl (C=O) groups excluding carboxylic acids is 1. The maximum absolute atomic E-state index is 12.3. The van der Waals surface area contributed by atoms with Crippen molar-refractivity contribution in [3.05, 3.63) is 42.4 Å². The van der Waals surface area contributed by atoms with Gasteiger partial charge in [0.25, 0.3) is 0 Å². The molecule has 0 unspecified atom stereocenters. The first-order valence-electron chi connectivity index (χ1n) is 6.90. The minimum absolute atomic E-state index is 0.0582. The molecule has 0 aliphatic rings. The topological polar surface area (TPSA) is 97.6 Å². The molecule has 0 aliphatic carbocycles. The van der Waals surface area contributed by atoms with E-state index >= 15 is 0 Å². The highest BCUT2D eigenvalue weighted by atomic mass is 32.2. The van der Waals surface area contributed by atoms with E-state index < -0.39 is 10.0 Å². The van der Waals surface area contributed by atoms with Crippen molar-refractivity contribution in [2.45, 2.75) is 18.2 Å². The lowest BCUT2D eigenvalue weighted by Crippen LogP contribution is -2.26. The molecule has 0 aliphatic heterocycles. The largest absolute Gasteiger partial charge is 0.495 e. The lowest BCUT2D eigenvalue weighted by Gasteiger charge is -2.12. The van der Waals surface area contributed by atoms with Gasteiger partial charge in [0, 0.05) is 26.0 Å². The Labute approximate surface area is 134 Å². The number of nitrogens with one attached hydrogen (secondary N) is 2. The molecule has 2 rings (SSSR count). The van der Waals surface area contributed by atoms with Gasteiger partial charge >= 0.3 is 0 Å². The van der Waals surface area contributed by atoms with Crippen molar-refractivity contribution >= 4 is 21.6 Å². The zero-order valence-corrected chi connectivity index (χ0v) is 13.6. The Hall–Kier alpha value is -2.32. The Bertz CT molecular complexity index is 769. The monoisotopic (exact) mass is 338 g/mol. The number of amides is 1. The van der Waals surface area contributed by atoms with Gasteiger partial charge in [0.1, 0.15) is 11.5 Å². The van der Waals surface area contributed by atoms with Crippen LogP contribution in [0.3, 0.4) is 0 Å². The van der Waals surface area contributed by atoms with Crippen molar-refractivity contribution in [2.75, 3.05) is 19.0 Å². The van der Waals surface area contributed by atoms with Crippen molar-refractivity contribution in [3.63, 3.8) is 0 Å². The number of rotatable bonds is 7. The van der Waals surface area contributed by atoms with Crippen molar-refractivity contribution in [2.24, 2.45) is 0 Å². The number of hydrogen-bond acceptors (Lipinski definition) is 5. The van der Waals surface area contributed by atoms with E-state index in [1.807, 2.05) is 0 Å². The second-order valence-corrected chi connectivity index (χ2v) is 6.54. The molecule has 1 aromatic carbocycles. The number of furan rings is 1. The Morgan fingerprint density at radius 2 is 2.09 bits per heavy atom. The molecule has 1 heterocycles. The van der Waals surface area contributed by atoms with Gasteiger partial charge in [-0.05, 0) is 24.3 Å². The molecule has 0 radical (unpaired) electrons. The molecule has 2 aromatic rings. The third-order valence-corrected chi connectivity index (χ3v) is 4.50. The molecule has 0 bridgehead atoms. The number of ether oxygens (including phenoxy) is 1. The van der Waals surface area contributed by atoms with Gasteiger partial charge in [-0.15, -0.1) is 0 Å². The van der Waals surface area contributed by atoms with Gasteiger partial charge in [0.15, 0.2) is 0 Å². The fourth-order valence-electron chi connectivity index (χ4n) is 1.98. The molecule has 124 valence electrons. The van der Waals surface area contributed by atoms with Gasteiger partial charge < -0.3 is 14.5 Å². The first-order chi connectivity index (χ1) is 10.9. The van der Waals surface area contributed by atoms with Gasteiger partial charge in [-0.3, -0.25) is 4.79 Å². The highest BCUT2D eigenvalue weighted by Crippen LogP contribution is 2.27. The number of sulfonamides is 1. The summed E-state index contributed by atoms with van der Waals surface area (Å²) in [5, 5.41) is 2.57. The fourth-order valence-corrected chi connectivity index (χ4v) is 3.03. The lowest BCUT2D eigenvalue weighted by molar-refractivity contribution is -0.114. The van der Waals surface area contributed by atoms with E-state index in [1.54, 1.807) is 12.1 Å². The second kappa shape index (κ2) is 7.30. The molecule has 0 saturated carbocycles. The Morgan fingerprint density at radius 1 is 1.30 bits per heavy atom. The highest BCUT2D eigenvalue weighted by Gasteiger charge is 2.16. The van der Waals surface area contributed by atoms with E-state index in [0.29, 0.717) is 17.9 Å². The average molecular weight is 338 g/mol. The van der Waals surface area contributed by atoms with Gasteiger partial charge in [-0.1, -0.05) is 0 Å². The summed E-state index contributed by atoms with van der Waals surface area (Å²) in [5.74, 6) is 0.705. The van der Waals surface area contributed by atoms with E-state index in [9.17, 15) is 13.2 Å². The van der Waals surface area contributed by atoms with Crippen LogP contribution in [0.2, 0.25) is 0 Å². The first kappa shape index (κ1) is 17.0. The van der Waals surface area contributed by atoms with Crippen molar-refractivity contribution < 1.29 is 22.4 Å². The maximum Gasteiger partial charge on any atom is 0.240 e. The molecule has 1 aromatic heterocycles. The minimum Gasteiger partial charge on any atom is -0.495 e. The predicted molar refractivity (Wildman–Crippen MR) is 84.9 cm³/mol. The van der Waals surface area contributed by atoms with Gasteiger partial charge in [0.05, 0.1) is 24.0 Å². The summed E-state index contributed by atoms with van der Waals surface area (Å²) in [7, 11) is -2.27. The molecular weight excluding hydrogens is 320 g/mol. The summed E-state index contributed by atoms with van der Waals surface area (Å²) in [5.41, 5.74) is 0.412. The van der Waals surface area contributed by atoms with Crippen LogP contribution in [-0.4, -0.2) is 28.0 Å². The SMILES string of the molecule is COc1cc(S(=O)(=O)NCCc2ccco2)ccc1NC(C)=O. The van der Waals surface area contributed by atoms with Crippen LogP contribution < -0.4 is 14.8 Å². The van der Waals surface area contributed by atoms with Crippen LogP contribution in [0.1, 0.15) is 12.7 Å². The molecular formula is C15H18N2O5S. The second-order valence-electron chi connectivity index (χ2n) is 4.77. The van der Waals surface area contributed by atoms with E-state index in [1.165, 1.54) is 38.5 Å². The first-order valence-corrected chi connectivity index (χ1v) is 8.38. The van der Waals surface area contributed by atoms with E-state index in [2.05, 4.69) is 10.0 Å². The molecule has 1 amide bonds. The van der Waals surface area contributed by atoms with Crippen LogP contribution in [-0.2, 0) is 21.2 Å². The fraction of sp³-hybridized carbons (Fsp3) is 0.267. The summed E-state index contributed by atoms with van der Waals surface area (Å²) < 4.78 is 37.3. The number of hydrogen-bond donors (Lipinski definition) is 2. The van der Waals surface area contributed by atoms with Crippen LogP contribution in [0.4, 0.5) is 5.69 Å². The van der Waals surface area contributed by atoms with Crippen molar-refractivity contribution in [1.82, 2.24) is 4.72 Å². The highest BCUT2D eigenvalue weighted by molar-refractivity contribution is 7.89. The molecule has 0 spiro atoms. The molecule has 0 saturated heterocycles. The van der Waals surface area contributed by atoms with Crippen molar-refractivity contribution in [3.8, 4) is 5.75 Å². The number of anilines is 1. The van der Waals surface area contributed by atoms with Crippen LogP contribution >= 0.6 is 0 Å². The average Bonchev–Trinajstić information content (AvgIpc) is 3.00. The lowest BCUT2D eigenvalue weighted by atomic mass is 10.3. The molecule has 2 N–H and O–H groups in total. The molecule has 0 fully saturated rings. The molecule has 8 heteroatoms. The smallest absolute Gasteiger partial charge is 0.240 e. The Kier molecular flexibility index (Phi) is 5.41. The van der Waals surface area contributed by atoms with E-state index in [4.69, 9.17) is 9.15 Å². The summed E-state index contributed by atoms with van der Waals surface area (Å²) >= 11 is 0. The van der Waals surface area contributed by atoms with Crippen molar-refractivity contribution in [1.29, 1.82) is 0 Å². The van der Waals surface area contributed by atoms with Crippen LogP contribution in [0.15, 0.2) is 45.9 Å². The maximum atomic E-state index is 12.3. The number of carbonyl (C=O) groups is 1. The molecule has 0 atom stereocenters. The summed E-state index contributed by atoms with van der Waals surface area (Å²) in [4.78, 5) is 11.2. The van der Waals surface area contributed by atoms with E-state index in [-0.39, 0.29) is 23.1 Å². The molecule has 23 heavy (non-hydrogen) atoms. The number of benzene rings is 1. The number of methoxy groups -OCH3 is 1. The van der Waals surface area contributed by atoms with Crippen LogP contribution in [0, 0.1) is 0 Å². The van der Waals surface area contributed by atoms with Gasteiger partial charge in [0.2, 0.25) is 15.9 Å². The third-order valence-electron chi connectivity index (χ3n) is 3.04. The summed E-state index contributed by atoms with van der Waals surface area (Å²) in [6, 6.07) is 7.78. The quantitative estimate of drug-likeness (QED) is 0.802. The predicted octanol–water partition coefficient (Wildman–Crippen LogP) is 1.77. The van der Waals surface area contributed by atoms with Crippen LogP contribution in [0.5, 0.6) is 5.75 Å². The zero-order valence-electron chi connectivity index (χ0n) is 12.8. The summed E-state index contributed by atoms with van der Waals surface area (Å²) in [6.07, 6.45) is 1.99. The third kappa shape index (κ3) is 4.57. The van der Waals surface area contributed by atoms with Gasteiger partial charge in [-0.2, -0.15) is 0 Å². The Morgan fingerprint density at radius 3 is 2.70 bits per heavy atom. The van der Waals surface area contributed by atoms with E-state index in [0.717, 1.165) is 0 Å². The zero-order chi connectivity index (χ0) is 16.9. The summed E-state index contributed by atoms with van der Waals surface area (Å²) in [6.45, 7) is 1.58. The molecule has 7 nitrogen and oxygen atoms in total. The Balaban J connectivity index is 2.10. The normalized spacial score (nSPS) is 11.2. The standard InChI is InChI=1S/C15H18N2O5S/c1-11(18)17-14-6-5-13(10-15(14)21-2)23(19,20)16-8-7-12-4-3-9-22-12/h3-6,9-10,16H,7-8H2,1-2H3,(H,17,18). The van der Waals surface area contributed by atoms with Gasteiger partial charge in [-0.25, -0.2) is 13.1 Å². The minimum atomic E-state index is -3.68.